The maximum Gasteiger partial charge on any atom is 0.253 e. The van der Waals surface area contributed by atoms with Crippen LogP contribution in [0.3, 0.4) is 0 Å². The van der Waals surface area contributed by atoms with Crippen molar-refractivity contribution in [3.8, 4) is 0 Å². The van der Waals surface area contributed by atoms with Crippen molar-refractivity contribution >= 4 is 21.8 Å². The molecule has 1 amide bonds. The van der Waals surface area contributed by atoms with E-state index in [1.807, 2.05) is 45.2 Å². The van der Waals surface area contributed by atoms with Gasteiger partial charge in [-0.3, -0.25) is 4.79 Å². The summed E-state index contributed by atoms with van der Waals surface area (Å²) < 4.78 is 0. The lowest BCUT2D eigenvalue weighted by atomic mass is 10.1. The van der Waals surface area contributed by atoms with Crippen molar-refractivity contribution in [3.05, 3.63) is 35.4 Å². The van der Waals surface area contributed by atoms with E-state index in [0.29, 0.717) is 0 Å². The topological polar surface area (TPSA) is 20.3 Å². The highest BCUT2D eigenvalue weighted by atomic mass is 79.9. The molecule has 2 nitrogen and oxygen atoms in total. The lowest BCUT2D eigenvalue weighted by Gasteiger charge is -2.21. The number of hydrogen-bond acceptors (Lipinski definition) is 1. The summed E-state index contributed by atoms with van der Waals surface area (Å²) >= 11 is 3.38. The van der Waals surface area contributed by atoms with Crippen LogP contribution >= 0.6 is 15.9 Å². The molecule has 0 saturated heterocycles. The average molecular weight is 270 g/mol. The van der Waals surface area contributed by atoms with Crippen LogP contribution in [0.4, 0.5) is 0 Å². The van der Waals surface area contributed by atoms with Crippen molar-refractivity contribution in [2.45, 2.75) is 25.2 Å². The van der Waals surface area contributed by atoms with Crippen molar-refractivity contribution in [2.75, 3.05) is 7.05 Å². The third-order valence-electron chi connectivity index (χ3n) is 2.45. The van der Waals surface area contributed by atoms with E-state index in [0.717, 1.165) is 10.9 Å². The number of nitrogens with zero attached hydrogens (tertiary/aromatic N) is 1. The Bertz CT molecular complexity index is 332. The van der Waals surface area contributed by atoms with Gasteiger partial charge in [0.2, 0.25) is 0 Å². The summed E-state index contributed by atoms with van der Waals surface area (Å²) in [5, 5.41) is 0.821. The largest absolute Gasteiger partial charge is 0.339 e. The standard InChI is InChI=1S/C12H16BrNO/c1-9(2)14(3)12(15)11-6-4-10(8-13)5-7-11/h4-7,9H,8H2,1-3H3. The van der Waals surface area contributed by atoms with Crippen LogP contribution in [0.1, 0.15) is 29.8 Å². The average Bonchev–Trinajstić information content (AvgIpc) is 2.27. The minimum absolute atomic E-state index is 0.0751. The molecule has 0 bridgehead atoms. The van der Waals surface area contributed by atoms with Crippen LogP contribution in [-0.4, -0.2) is 23.9 Å². The van der Waals surface area contributed by atoms with Crippen LogP contribution in [-0.2, 0) is 5.33 Å². The first kappa shape index (κ1) is 12.2. The molecule has 0 aliphatic heterocycles. The number of hydrogen-bond donors (Lipinski definition) is 0. The quantitative estimate of drug-likeness (QED) is 0.773. The van der Waals surface area contributed by atoms with Crippen LogP contribution in [0.15, 0.2) is 24.3 Å². The summed E-state index contributed by atoms with van der Waals surface area (Å²) in [5.41, 5.74) is 1.93. The summed E-state index contributed by atoms with van der Waals surface area (Å²) in [5.74, 6) is 0.0751. The summed E-state index contributed by atoms with van der Waals surface area (Å²) in [4.78, 5) is 13.6. The second kappa shape index (κ2) is 5.31. The van der Waals surface area contributed by atoms with Crippen LogP contribution in [0.25, 0.3) is 0 Å². The van der Waals surface area contributed by atoms with E-state index in [2.05, 4.69) is 15.9 Å². The Labute approximate surface area is 99.4 Å². The third kappa shape index (κ3) is 3.06. The van der Waals surface area contributed by atoms with E-state index in [4.69, 9.17) is 0 Å². The van der Waals surface area contributed by atoms with Gasteiger partial charge in [0.25, 0.3) is 5.91 Å². The molecule has 1 aromatic carbocycles. The van der Waals surface area contributed by atoms with Crippen LogP contribution in [0, 0.1) is 0 Å². The van der Waals surface area contributed by atoms with Gasteiger partial charge in [-0.25, -0.2) is 0 Å². The summed E-state index contributed by atoms with van der Waals surface area (Å²) in [6.07, 6.45) is 0. The lowest BCUT2D eigenvalue weighted by molar-refractivity contribution is 0.0755. The molecule has 15 heavy (non-hydrogen) atoms. The Kier molecular flexibility index (Phi) is 4.33. The highest BCUT2D eigenvalue weighted by molar-refractivity contribution is 9.08. The second-order valence-electron chi connectivity index (χ2n) is 3.84. The zero-order chi connectivity index (χ0) is 11.4. The van der Waals surface area contributed by atoms with Gasteiger partial charge in [-0.05, 0) is 31.5 Å². The molecule has 0 radical (unpaired) electrons. The number of carbonyl (C=O) groups is 1. The number of amides is 1. The van der Waals surface area contributed by atoms with Crippen molar-refractivity contribution in [2.24, 2.45) is 0 Å². The molecule has 0 fully saturated rings. The van der Waals surface area contributed by atoms with E-state index < -0.39 is 0 Å². The van der Waals surface area contributed by atoms with E-state index in [-0.39, 0.29) is 11.9 Å². The minimum Gasteiger partial charge on any atom is -0.339 e. The van der Waals surface area contributed by atoms with Crippen LogP contribution in [0.5, 0.6) is 0 Å². The van der Waals surface area contributed by atoms with E-state index in [1.165, 1.54) is 5.56 Å². The number of alkyl halides is 1. The lowest BCUT2D eigenvalue weighted by Crippen LogP contribution is -2.32. The molecule has 0 N–H and O–H groups in total. The van der Waals surface area contributed by atoms with Gasteiger partial charge >= 0.3 is 0 Å². The molecule has 3 heteroatoms. The maximum atomic E-state index is 11.9. The highest BCUT2D eigenvalue weighted by Gasteiger charge is 2.13. The van der Waals surface area contributed by atoms with Crippen LogP contribution < -0.4 is 0 Å². The number of carbonyl (C=O) groups excluding carboxylic acids is 1. The predicted octanol–water partition coefficient (Wildman–Crippen LogP) is 3.06. The molecule has 1 rings (SSSR count). The fraction of sp³-hybridized carbons (Fsp3) is 0.417. The van der Waals surface area contributed by atoms with Gasteiger partial charge in [0.15, 0.2) is 0 Å². The van der Waals surface area contributed by atoms with Crippen molar-refractivity contribution < 1.29 is 4.79 Å². The molecule has 0 unspecified atom stereocenters. The zero-order valence-electron chi connectivity index (χ0n) is 9.33. The first-order valence-corrected chi connectivity index (χ1v) is 6.10. The van der Waals surface area contributed by atoms with Crippen molar-refractivity contribution in [3.63, 3.8) is 0 Å². The molecule has 0 heterocycles. The highest BCUT2D eigenvalue weighted by Crippen LogP contribution is 2.10. The number of rotatable bonds is 3. The molecule has 82 valence electrons. The smallest absolute Gasteiger partial charge is 0.253 e. The summed E-state index contributed by atoms with van der Waals surface area (Å²) in [7, 11) is 1.82. The Morgan fingerprint density at radius 1 is 1.33 bits per heavy atom. The SMILES string of the molecule is CC(C)N(C)C(=O)c1ccc(CBr)cc1. The van der Waals surface area contributed by atoms with Crippen molar-refractivity contribution in [1.82, 2.24) is 4.90 Å². The Morgan fingerprint density at radius 2 is 1.87 bits per heavy atom. The van der Waals surface area contributed by atoms with Gasteiger partial charge in [0, 0.05) is 24.0 Å². The first-order chi connectivity index (χ1) is 7.06. The Hall–Kier alpha value is -0.830. The van der Waals surface area contributed by atoms with Gasteiger partial charge in [0.05, 0.1) is 0 Å². The van der Waals surface area contributed by atoms with E-state index >= 15 is 0 Å². The fourth-order valence-electron chi connectivity index (χ4n) is 1.17. The number of benzene rings is 1. The van der Waals surface area contributed by atoms with E-state index in [1.54, 1.807) is 4.90 Å². The van der Waals surface area contributed by atoms with Gasteiger partial charge in [0.1, 0.15) is 0 Å². The first-order valence-electron chi connectivity index (χ1n) is 4.98. The van der Waals surface area contributed by atoms with E-state index in [9.17, 15) is 4.79 Å². The molecule has 0 aliphatic rings. The van der Waals surface area contributed by atoms with Crippen molar-refractivity contribution in [1.29, 1.82) is 0 Å². The Balaban J connectivity index is 2.83. The van der Waals surface area contributed by atoms with Crippen LogP contribution in [0.2, 0.25) is 0 Å². The molecular formula is C12H16BrNO. The maximum absolute atomic E-state index is 11.9. The van der Waals surface area contributed by atoms with Gasteiger partial charge in [-0.1, -0.05) is 28.1 Å². The molecule has 0 aromatic heterocycles. The molecule has 0 aliphatic carbocycles. The monoisotopic (exact) mass is 269 g/mol. The Morgan fingerprint density at radius 3 is 2.27 bits per heavy atom. The van der Waals surface area contributed by atoms with Gasteiger partial charge < -0.3 is 4.90 Å². The van der Waals surface area contributed by atoms with Gasteiger partial charge in [-0.2, -0.15) is 0 Å². The minimum atomic E-state index is 0.0751. The van der Waals surface area contributed by atoms with Gasteiger partial charge in [-0.15, -0.1) is 0 Å². The molecule has 1 aromatic rings. The second-order valence-corrected chi connectivity index (χ2v) is 4.40. The summed E-state index contributed by atoms with van der Waals surface area (Å²) in [6, 6.07) is 7.91. The normalized spacial score (nSPS) is 10.5. The molecular weight excluding hydrogens is 254 g/mol. The summed E-state index contributed by atoms with van der Waals surface area (Å²) in [6.45, 7) is 4.01. The molecule has 0 atom stereocenters. The number of halogens is 1. The zero-order valence-corrected chi connectivity index (χ0v) is 10.9. The molecule has 0 spiro atoms. The molecule has 0 saturated carbocycles. The fourth-order valence-corrected chi connectivity index (χ4v) is 1.55. The third-order valence-corrected chi connectivity index (χ3v) is 3.10. The predicted molar refractivity (Wildman–Crippen MR) is 66.3 cm³/mol.